The van der Waals surface area contributed by atoms with Gasteiger partial charge < -0.3 is 43.4 Å². The Morgan fingerprint density at radius 1 is 1.07 bits per heavy atom. The van der Waals surface area contributed by atoms with Gasteiger partial charge in [-0.2, -0.15) is 8.42 Å². The number of hydroxylamine groups is 2. The number of carbonyl (C=O) groups is 7. The first kappa shape index (κ1) is 54.5. The number of esters is 1. The SMILES string of the molecule is COc1cc2cc(c1Cl)N(C)C(=O)C[C@H](OC(=O)[C@H](C)N(C)C(=O)CCSSCCC(C(=O)ON1C(=O)CCC1=O)S(=O)(=O)O)[C@]1(C)O[C@H]1[C@H](C)[C@@H]1C[C@@](O)(NC(=O)O1)[C@H](OC)/C=C/C=C(\C)C2. The van der Waals surface area contributed by atoms with Crippen LogP contribution in [0.25, 0.3) is 0 Å². The van der Waals surface area contributed by atoms with E-state index in [1.807, 2.05) is 13.0 Å². The van der Waals surface area contributed by atoms with Crippen molar-refractivity contribution in [2.75, 3.05) is 44.7 Å². The van der Waals surface area contributed by atoms with Crippen molar-refractivity contribution in [1.29, 1.82) is 0 Å². The second kappa shape index (κ2) is 22.5. The molecule has 5 amide bonds. The Morgan fingerprint density at radius 3 is 2.37 bits per heavy atom. The number of nitrogens with one attached hydrogen (secondary N) is 1. The first-order valence-electron chi connectivity index (χ1n) is 21.5. The molecule has 0 aromatic heterocycles. The number of halogens is 1. The number of hydrogen-bond donors (Lipinski definition) is 3. The van der Waals surface area contributed by atoms with Crippen LogP contribution in [-0.2, 0) is 69.1 Å². The molecular weight excluding hydrogens is 976 g/mol. The van der Waals surface area contributed by atoms with Crippen LogP contribution in [0.1, 0.15) is 71.8 Å². The number of imide groups is 1. The van der Waals surface area contributed by atoms with Crippen molar-refractivity contribution in [1.82, 2.24) is 15.3 Å². The van der Waals surface area contributed by atoms with Crippen molar-refractivity contribution in [3.63, 3.8) is 0 Å². The highest BCUT2D eigenvalue weighted by Crippen LogP contribution is 2.49. The van der Waals surface area contributed by atoms with E-state index in [1.165, 1.54) is 40.1 Å². The van der Waals surface area contributed by atoms with E-state index in [2.05, 4.69) is 10.2 Å². The van der Waals surface area contributed by atoms with Crippen LogP contribution >= 0.6 is 33.2 Å². The van der Waals surface area contributed by atoms with Gasteiger partial charge in [-0.05, 0) is 51.3 Å². The molecule has 3 fully saturated rings. The number of aliphatic hydroxyl groups is 1. The molecule has 0 radical (unpaired) electrons. The van der Waals surface area contributed by atoms with E-state index in [9.17, 15) is 51.6 Å². The first-order valence-corrected chi connectivity index (χ1v) is 25.8. The fourth-order valence-corrected chi connectivity index (χ4v) is 11.2. The predicted molar refractivity (Wildman–Crippen MR) is 248 cm³/mol. The number of fused-ring (bicyclic) bond motifs is 5. The summed E-state index contributed by atoms with van der Waals surface area (Å²) in [7, 11) is 3.00. The van der Waals surface area contributed by atoms with Crippen LogP contribution in [-0.4, -0.2) is 157 Å². The van der Waals surface area contributed by atoms with Crippen molar-refractivity contribution >= 4 is 90.7 Å². The smallest absolute Gasteiger partial charge is 0.409 e. The second-order valence-electron chi connectivity index (χ2n) is 17.1. The summed E-state index contributed by atoms with van der Waals surface area (Å²) in [6.45, 7) is 6.71. The van der Waals surface area contributed by atoms with Crippen LogP contribution in [0.4, 0.5) is 10.5 Å². The van der Waals surface area contributed by atoms with E-state index >= 15 is 0 Å². The minimum absolute atomic E-state index is 0.0250. The number of methoxy groups -OCH3 is 2. The summed E-state index contributed by atoms with van der Waals surface area (Å²) < 4.78 is 62.7. The number of benzene rings is 1. The Bertz CT molecular complexity index is 2300. The molecule has 3 saturated heterocycles. The van der Waals surface area contributed by atoms with Crippen molar-refractivity contribution in [2.45, 2.75) is 120 Å². The number of epoxide rings is 1. The Balaban J connectivity index is 1.29. The van der Waals surface area contributed by atoms with Gasteiger partial charge in [-0.3, -0.25) is 29.0 Å². The van der Waals surface area contributed by atoms with Gasteiger partial charge in [0.1, 0.15) is 40.7 Å². The predicted octanol–water partition coefficient (Wildman–Crippen LogP) is 3.54. The summed E-state index contributed by atoms with van der Waals surface area (Å²) in [5.74, 6) is -5.16. The fourth-order valence-electron chi connectivity index (χ4n) is 7.99. The summed E-state index contributed by atoms with van der Waals surface area (Å²) in [5.41, 5.74) is -1.29. The molecule has 9 atom stereocenters. The Labute approximate surface area is 406 Å². The molecule has 1 aromatic rings. The lowest BCUT2D eigenvalue weighted by Crippen LogP contribution is -2.63. The Hall–Kier alpha value is -4.43. The van der Waals surface area contributed by atoms with E-state index in [4.69, 9.17) is 35.3 Å². The van der Waals surface area contributed by atoms with Gasteiger partial charge in [0.05, 0.1) is 25.3 Å². The van der Waals surface area contributed by atoms with Crippen LogP contribution in [0, 0.1) is 5.92 Å². The number of rotatable bonds is 15. The lowest BCUT2D eigenvalue weighted by atomic mass is 9.83. The molecule has 68 heavy (non-hydrogen) atoms. The molecule has 5 rings (SSSR count). The molecular formula is C43H57ClN4O17S3. The van der Waals surface area contributed by atoms with Gasteiger partial charge in [-0.15, -0.1) is 5.06 Å². The largest absolute Gasteiger partial charge is 0.495 e. The van der Waals surface area contributed by atoms with E-state index in [1.54, 1.807) is 38.1 Å². The third-order valence-electron chi connectivity index (χ3n) is 12.3. The number of hydrogen-bond acceptors (Lipinski definition) is 18. The fraction of sp³-hybridized carbons (Fsp3) is 0.605. The standard InChI is InChI=1S/C43H57ClN4O17S3/c1-23-10-9-11-31(61-8)43(56)22-29(62-41(55)45-43)24(2)38-42(4,64-38)32(21-36(52)47(6)27-19-26(18-23)20-28(60-7)37(27)44)63-39(53)25(3)46(5)33(49)15-17-67-66-16-14-30(68(57,58)59)40(54)65-48-34(50)12-13-35(48)51/h9-11,19-20,24-25,29-32,38,56H,12-18,21-22H2,1-8H3,(H,45,55)(H,57,58,59)/b11-9+,23-10+/t24-,25+,29+,30?,31-,32+,38+,42+,43+/m1/s1. The molecule has 4 aliphatic heterocycles. The van der Waals surface area contributed by atoms with Gasteiger partial charge in [-0.1, -0.05) is 63.9 Å². The summed E-state index contributed by atoms with van der Waals surface area (Å²) in [4.78, 5) is 97.8. The van der Waals surface area contributed by atoms with Crippen LogP contribution in [0.2, 0.25) is 5.02 Å². The molecule has 1 unspecified atom stereocenters. The number of allylic oxidation sites excluding steroid dienone is 3. The number of alkyl carbamates (subject to hydrolysis) is 1. The molecule has 21 nitrogen and oxygen atoms in total. The maximum absolute atomic E-state index is 14.3. The van der Waals surface area contributed by atoms with Crippen LogP contribution in [0.15, 0.2) is 35.9 Å². The minimum Gasteiger partial charge on any atom is -0.495 e. The lowest BCUT2D eigenvalue weighted by Gasteiger charge is -2.42. The number of carbonyl (C=O) groups excluding carboxylic acids is 7. The maximum Gasteiger partial charge on any atom is 0.409 e. The molecule has 0 saturated carbocycles. The topological polar surface area (TPSA) is 275 Å². The quantitative estimate of drug-likeness (QED) is 0.0566. The Morgan fingerprint density at radius 2 is 1.74 bits per heavy atom. The van der Waals surface area contributed by atoms with Gasteiger partial charge in [0, 0.05) is 64.3 Å². The minimum atomic E-state index is -4.97. The van der Waals surface area contributed by atoms with E-state index < -0.39 is 118 Å². The number of ether oxygens (including phenoxy) is 5. The van der Waals surface area contributed by atoms with Gasteiger partial charge in [-0.25, -0.2) is 14.4 Å². The summed E-state index contributed by atoms with van der Waals surface area (Å²) in [5, 5.41) is 12.5. The van der Waals surface area contributed by atoms with Crippen LogP contribution < -0.4 is 15.0 Å². The summed E-state index contributed by atoms with van der Waals surface area (Å²) in [6, 6.07) is 2.31. The third-order valence-corrected chi connectivity index (χ3v) is 16.2. The molecule has 4 heterocycles. The summed E-state index contributed by atoms with van der Waals surface area (Å²) in [6.07, 6.45) is -0.812. The highest BCUT2D eigenvalue weighted by molar-refractivity contribution is 8.76. The monoisotopic (exact) mass is 1030 g/mol. The molecule has 0 spiro atoms. The highest BCUT2D eigenvalue weighted by atomic mass is 35.5. The van der Waals surface area contributed by atoms with Crippen molar-refractivity contribution in [3.05, 3.63) is 46.5 Å². The maximum atomic E-state index is 14.3. The van der Waals surface area contributed by atoms with Gasteiger partial charge in [0.15, 0.2) is 11.0 Å². The van der Waals surface area contributed by atoms with Gasteiger partial charge >= 0.3 is 18.0 Å². The molecule has 25 heteroatoms. The zero-order valence-corrected chi connectivity index (χ0v) is 42.0. The van der Waals surface area contributed by atoms with Crippen molar-refractivity contribution in [3.8, 4) is 5.75 Å². The highest BCUT2D eigenvalue weighted by Gasteiger charge is 2.64. The van der Waals surface area contributed by atoms with Crippen LogP contribution in [0.3, 0.4) is 0 Å². The average molecular weight is 1030 g/mol. The molecule has 0 aliphatic carbocycles. The van der Waals surface area contributed by atoms with Gasteiger partial charge in [0.25, 0.3) is 21.9 Å². The second-order valence-corrected chi connectivity index (χ2v) is 21.8. The molecule has 3 N–H and O–H groups in total. The van der Waals surface area contributed by atoms with E-state index in [0.29, 0.717) is 17.9 Å². The van der Waals surface area contributed by atoms with Gasteiger partial charge in [0.2, 0.25) is 11.8 Å². The summed E-state index contributed by atoms with van der Waals surface area (Å²) >= 11 is 6.77. The van der Waals surface area contributed by atoms with E-state index in [0.717, 1.165) is 37.6 Å². The Kier molecular flexibility index (Phi) is 18.1. The van der Waals surface area contributed by atoms with Crippen LogP contribution in [0.5, 0.6) is 5.75 Å². The zero-order valence-electron chi connectivity index (χ0n) is 38.8. The first-order chi connectivity index (χ1) is 31.8. The lowest BCUT2D eigenvalue weighted by molar-refractivity contribution is -0.197. The normalized spacial score (nSPS) is 28.8. The molecule has 4 aliphatic rings. The average Bonchev–Trinajstić information content (AvgIpc) is 3.88. The molecule has 4 bridgehead atoms. The number of amides is 5. The number of likely N-dealkylation sites (N-methyl/N-ethyl adjacent to an activating group) is 1. The molecule has 1 aromatic carbocycles. The molecule has 376 valence electrons. The third kappa shape index (κ3) is 12.9. The zero-order chi connectivity index (χ0) is 50.5. The van der Waals surface area contributed by atoms with E-state index in [-0.39, 0.29) is 47.3 Å². The number of anilines is 1. The number of nitrogens with zero attached hydrogens (tertiary/aromatic N) is 3. The van der Waals surface area contributed by atoms with Crippen molar-refractivity contribution in [2.24, 2.45) is 5.92 Å². The van der Waals surface area contributed by atoms with Crippen molar-refractivity contribution < 1.29 is 80.2 Å².